The van der Waals surface area contributed by atoms with Gasteiger partial charge in [0.15, 0.2) is 0 Å². The summed E-state index contributed by atoms with van der Waals surface area (Å²) >= 11 is 0. The second-order valence-electron chi connectivity index (χ2n) is 13.2. The molecule has 3 aliphatic heterocycles. The van der Waals surface area contributed by atoms with Gasteiger partial charge in [-0.1, -0.05) is 49.4 Å². The largest absolute Gasteiger partial charge is 0.497 e. The summed E-state index contributed by atoms with van der Waals surface area (Å²) in [5, 5.41) is 13.4. The van der Waals surface area contributed by atoms with E-state index >= 15 is 0 Å². The first-order chi connectivity index (χ1) is 24.7. The van der Waals surface area contributed by atoms with Gasteiger partial charge in [0.25, 0.3) is 5.91 Å². The fourth-order valence-corrected chi connectivity index (χ4v) is 7.93. The Hall–Kier alpha value is -4.52. The fraction of sp³-hybridized carbons (Fsp3) is 0.487. The molecule has 0 aliphatic carbocycles. The Morgan fingerprint density at radius 3 is 2.45 bits per heavy atom. The number of ether oxygens (including phenoxy) is 4. The lowest BCUT2D eigenvalue weighted by atomic mass is 9.70. The van der Waals surface area contributed by atoms with Crippen LogP contribution >= 0.6 is 0 Å². The van der Waals surface area contributed by atoms with Crippen molar-refractivity contribution in [2.24, 2.45) is 11.8 Å². The topological polar surface area (TPSA) is 144 Å². The van der Waals surface area contributed by atoms with Crippen LogP contribution in [0.1, 0.15) is 50.7 Å². The number of carbonyl (C=O) groups excluding carboxylic acids is 4. The van der Waals surface area contributed by atoms with E-state index < -0.39 is 65.6 Å². The number of amides is 3. The van der Waals surface area contributed by atoms with E-state index in [4.69, 9.17) is 18.9 Å². The van der Waals surface area contributed by atoms with E-state index in [2.05, 4.69) is 18.5 Å². The molecular formula is C39H49N3O9. The number of hydrogen-bond acceptors (Lipinski definition) is 9. The molecule has 0 aromatic heterocycles. The molecule has 12 nitrogen and oxygen atoms in total. The maximum Gasteiger partial charge on any atom is 0.313 e. The number of nitrogens with zero attached hydrogens (tertiary/aromatic N) is 2. The fourth-order valence-electron chi connectivity index (χ4n) is 7.93. The number of aliphatic hydroxyl groups excluding tert-OH is 1. The molecule has 3 aliphatic rings. The Morgan fingerprint density at radius 1 is 1.12 bits per heavy atom. The average molecular weight is 704 g/mol. The number of anilines is 1. The summed E-state index contributed by atoms with van der Waals surface area (Å²) < 4.78 is 23.7. The third kappa shape index (κ3) is 7.31. The average Bonchev–Trinajstić information content (AvgIpc) is 3.80. The van der Waals surface area contributed by atoms with Crippen molar-refractivity contribution in [3.8, 4) is 5.75 Å². The van der Waals surface area contributed by atoms with Gasteiger partial charge in [0.1, 0.15) is 23.5 Å². The Labute approximate surface area is 299 Å². The van der Waals surface area contributed by atoms with Crippen molar-refractivity contribution in [1.29, 1.82) is 0 Å². The SMILES string of the molecule is C=CCCC(=O)N[C@@H](COC)[C@@H](OC(=O)[C@@H]1[C@@H]2CC[C@]3(O2)[C@H](C(=O)N(CC=C)c2ccc(OC)cc2)N([C@@H](CC)CO)C(=O)[C@@H]13)c1ccccc1. The maximum atomic E-state index is 14.8. The number of methoxy groups -OCH3 is 2. The molecule has 12 heteroatoms. The first-order valence-electron chi connectivity index (χ1n) is 17.5. The van der Waals surface area contributed by atoms with Gasteiger partial charge in [-0.05, 0) is 55.5 Å². The summed E-state index contributed by atoms with van der Waals surface area (Å²) in [4.78, 5) is 59.7. The highest BCUT2D eigenvalue weighted by Gasteiger charge is 2.75. The predicted octanol–water partition coefficient (Wildman–Crippen LogP) is 3.74. The minimum absolute atomic E-state index is 0.0487. The van der Waals surface area contributed by atoms with E-state index in [0.29, 0.717) is 42.7 Å². The van der Waals surface area contributed by atoms with E-state index in [9.17, 15) is 24.3 Å². The summed E-state index contributed by atoms with van der Waals surface area (Å²) in [6.45, 7) is 9.20. The highest BCUT2D eigenvalue weighted by atomic mass is 16.6. The molecule has 3 saturated heterocycles. The molecule has 3 fully saturated rings. The zero-order chi connectivity index (χ0) is 36.7. The minimum atomic E-state index is -1.33. The van der Waals surface area contributed by atoms with Crippen molar-refractivity contribution in [3.63, 3.8) is 0 Å². The standard InChI is InChI=1S/C39H49N3O9/c1-6-9-15-31(44)40-29(24-48-4)34(25-13-11-10-12-14-25)50-38(47)32-30-20-21-39(51-30)33(32)36(45)42(26(8-3)23-43)35(39)37(46)41(22-7-2)27-16-18-28(49-5)19-17-27/h6-7,10-14,16-19,26,29-30,32-35,43H,1-2,8-9,15,20-24H2,3-5H3,(H,40,44)/t26-,29-,30-,32+,33+,34-,35-,39+/m0/s1. The molecule has 2 aromatic rings. The number of benzene rings is 2. The van der Waals surface area contributed by atoms with Crippen LogP contribution in [-0.2, 0) is 33.4 Å². The molecule has 0 unspecified atom stereocenters. The van der Waals surface area contributed by atoms with Crippen LogP contribution in [0, 0.1) is 11.8 Å². The van der Waals surface area contributed by atoms with Crippen LogP contribution in [0.2, 0.25) is 0 Å². The quantitative estimate of drug-likeness (QED) is 0.175. The van der Waals surface area contributed by atoms with Crippen molar-refractivity contribution < 1.29 is 43.2 Å². The smallest absolute Gasteiger partial charge is 0.313 e. The number of rotatable bonds is 18. The molecule has 5 rings (SSSR count). The van der Waals surface area contributed by atoms with Gasteiger partial charge < -0.3 is 39.2 Å². The van der Waals surface area contributed by atoms with Gasteiger partial charge in [-0.3, -0.25) is 19.2 Å². The molecule has 2 N–H and O–H groups in total. The number of fused-ring (bicyclic) bond motifs is 1. The molecule has 3 amide bonds. The van der Waals surface area contributed by atoms with E-state index in [1.54, 1.807) is 67.8 Å². The molecule has 8 atom stereocenters. The number of likely N-dealkylation sites (tertiary alicyclic amines) is 1. The van der Waals surface area contributed by atoms with Crippen molar-refractivity contribution >= 4 is 29.4 Å². The van der Waals surface area contributed by atoms with Crippen molar-refractivity contribution in [1.82, 2.24) is 10.2 Å². The van der Waals surface area contributed by atoms with Gasteiger partial charge in [-0.2, -0.15) is 0 Å². The number of hydrogen-bond donors (Lipinski definition) is 2. The lowest BCUT2D eigenvalue weighted by Gasteiger charge is -2.39. The van der Waals surface area contributed by atoms with Crippen LogP contribution in [0.3, 0.4) is 0 Å². The van der Waals surface area contributed by atoms with Crippen LogP contribution in [0.25, 0.3) is 0 Å². The lowest BCUT2D eigenvalue weighted by molar-refractivity contribution is -0.163. The van der Waals surface area contributed by atoms with E-state index in [1.807, 2.05) is 13.0 Å². The van der Waals surface area contributed by atoms with Gasteiger partial charge in [0.05, 0.1) is 50.3 Å². The number of aliphatic hydroxyl groups is 1. The molecule has 274 valence electrons. The second kappa shape index (κ2) is 16.7. The van der Waals surface area contributed by atoms with Gasteiger partial charge in [0.2, 0.25) is 11.8 Å². The van der Waals surface area contributed by atoms with Gasteiger partial charge >= 0.3 is 5.97 Å². The first-order valence-corrected chi connectivity index (χ1v) is 17.5. The van der Waals surface area contributed by atoms with Crippen molar-refractivity contribution in [3.05, 3.63) is 85.5 Å². The second-order valence-corrected chi connectivity index (χ2v) is 13.2. The molecule has 0 radical (unpaired) electrons. The van der Waals surface area contributed by atoms with E-state index in [1.165, 1.54) is 16.9 Å². The summed E-state index contributed by atoms with van der Waals surface area (Å²) in [5.74, 6) is -3.20. The number of nitrogens with one attached hydrogen (secondary N) is 1. The van der Waals surface area contributed by atoms with Crippen LogP contribution in [0.4, 0.5) is 5.69 Å². The van der Waals surface area contributed by atoms with Crippen LogP contribution in [0.15, 0.2) is 79.9 Å². The lowest BCUT2D eigenvalue weighted by Crippen LogP contribution is -2.59. The zero-order valence-corrected chi connectivity index (χ0v) is 29.6. The summed E-state index contributed by atoms with van der Waals surface area (Å²) in [6.07, 6.45) is 3.46. The van der Waals surface area contributed by atoms with Gasteiger partial charge in [0, 0.05) is 25.8 Å². The van der Waals surface area contributed by atoms with E-state index in [-0.39, 0.29) is 32.1 Å². The molecule has 3 heterocycles. The maximum absolute atomic E-state index is 14.8. The van der Waals surface area contributed by atoms with Crippen LogP contribution < -0.4 is 15.0 Å². The summed E-state index contributed by atoms with van der Waals surface area (Å²) in [5.41, 5.74) is -0.128. The number of allylic oxidation sites excluding steroid dienone is 1. The molecule has 2 bridgehead atoms. The molecule has 1 spiro atoms. The predicted molar refractivity (Wildman–Crippen MR) is 190 cm³/mol. The molecular weight excluding hydrogens is 654 g/mol. The van der Waals surface area contributed by atoms with Crippen LogP contribution in [0.5, 0.6) is 5.75 Å². The Bertz CT molecular complexity index is 1560. The Kier molecular flexibility index (Phi) is 12.3. The normalized spacial score (nSPS) is 25.0. The molecule has 2 aromatic carbocycles. The summed E-state index contributed by atoms with van der Waals surface area (Å²) in [6, 6.07) is 13.5. The van der Waals surface area contributed by atoms with Crippen LogP contribution in [-0.4, -0.2) is 97.5 Å². The van der Waals surface area contributed by atoms with Crippen molar-refractivity contribution in [2.75, 3.05) is 38.9 Å². The van der Waals surface area contributed by atoms with Gasteiger partial charge in [-0.15, -0.1) is 13.2 Å². The zero-order valence-electron chi connectivity index (χ0n) is 29.6. The summed E-state index contributed by atoms with van der Waals surface area (Å²) in [7, 11) is 3.05. The third-order valence-corrected chi connectivity index (χ3v) is 10.3. The number of carbonyl (C=O) groups is 4. The highest BCUT2D eigenvalue weighted by Crippen LogP contribution is 2.59. The number of esters is 1. The molecule has 51 heavy (non-hydrogen) atoms. The van der Waals surface area contributed by atoms with Crippen molar-refractivity contribution in [2.45, 2.75) is 75.0 Å². The van der Waals surface area contributed by atoms with Gasteiger partial charge in [-0.25, -0.2) is 0 Å². The Balaban J connectivity index is 1.51. The first kappa shape index (κ1) is 37.7. The molecule has 0 saturated carbocycles. The highest BCUT2D eigenvalue weighted by molar-refractivity contribution is 6.05. The third-order valence-electron chi connectivity index (χ3n) is 10.3. The Morgan fingerprint density at radius 2 is 1.84 bits per heavy atom. The van der Waals surface area contributed by atoms with E-state index in [0.717, 1.165) is 0 Å². The minimum Gasteiger partial charge on any atom is -0.497 e. The monoisotopic (exact) mass is 703 g/mol.